The minimum Gasteiger partial charge on any atom is -0.293 e. The lowest BCUT2D eigenvalue weighted by Gasteiger charge is -2.25. The van der Waals surface area contributed by atoms with Crippen molar-refractivity contribution in [2.45, 2.75) is 31.1 Å². The first-order valence-electron chi connectivity index (χ1n) is 11.9. The van der Waals surface area contributed by atoms with Crippen LogP contribution in [0.15, 0.2) is 70.6 Å². The maximum Gasteiger partial charge on any atom is 0.266 e. The third-order valence-electron chi connectivity index (χ3n) is 6.32. The fraction of sp³-hybridized carbons (Fsp3) is 0.269. The molecule has 0 unspecified atom stereocenters. The van der Waals surface area contributed by atoms with Gasteiger partial charge in [-0.3, -0.25) is 9.69 Å². The highest BCUT2D eigenvalue weighted by atomic mass is 32.2. The molecule has 0 aliphatic carbocycles. The first kappa shape index (κ1) is 24.9. The quantitative estimate of drug-likeness (QED) is 0.327. The molecule has 186 valence electrons. The number of rotatable bonds is 6. The van der Waals surface area contributed by atoms with E-state index in [0.717, 1.165) is 36.1 Å². The molecule has 2 fully saturated rings. The lowest BCUT2D eigenvalue weighted by molar-refractivity contribution is -0.121. The predicted octanol–water partition coefficient (Wildman–Crippen LogP) is 4.94. The number of sulfonamides is 1. The third-order valence-corrected chi connectivity index (χ3v) is 9.61. The van der Waals surface area contributed by atoms with Gasteiger partial charge in [0.15, 0.2) is 0 Å². The van der Waals surface area contributed by atoms with Crippen LogP contribution in [0.3, 0.4) is 0 Å². The molecule has 0 saturated carbocycles. The summed E-state index contributed by atoms with van der Waals surface area (Å²) in [4.78, 5) is 15.2. The van der Waals surface area contributed by atoms with E-state index in [0.29, 0.717) is 34.6 Å². The molecule has 7 nitrogen and oxygen atoms in total. The summed E-state index contributed by atoms with van der Waals surface area (Å²) < 4.78 is 30.0. The summed E-state index contributed by atoms with van der Waals surface area (Å²) in [6, 6.07) is 16.5. The monoisotopic (exact) mass is 538 g/mol. The van der Waals surface area contributed by atoms with Crippen LogP contribution in [0, 0.1) is 0 Å². The number of thiocarbonyl (C=S) groups is 1. The van der Waals surface area contributed by atoms with Crippen molar-refractivity contribution in [2.75, 3.05) is 19.6 Å². The number of likely N-dealkylation sites (N-methyl/N-ethyl adjacent to an activating group) is 1. The molecule has 3 heterocycles. The van der Waals surface area contributed by atoms with E-state index in [1.54, 1.807) is 38.2 Å². The van der Waals surface area contributed by atoms with Crippen molar-refractivity contribution in [2.24, 2.45) is 0 Å². The molecular weight excluding hydrogens is 513 g/mol. The van der Waals surface area contributed by atoms with Crippen LogP contribution < -0.4 is 0 Å². The zero-order chi connectivity index (χ0) is 25.3. The van der Waals surface area contributed by atoms with Crippen LogP contribution in [0.2, 0.25) is 0 Å². The minimum atomic E-state index is -3.52. The Bertz CT molecular complexity index is 1420. The van der Waals surface area contributed by atoms with Gasteiger partial charge in [0.05, 0.1) is 21.2 Å². The fourth-order valence-electron chi connectivity index (χ4n) is 4.38. The first-order chi connectivity index (χ1) is 17.4. The normalized spacial score (nSPS) is 18.4. The number of benzene rings is 2. The Morgan fingerprint density at radius 3 is 2.36 bits per heavy atom. The molecule has 0 N–H and O–H groups in total. The Morgan fingerprint density at radius 2 is 1.72 bits per heavy atom. The highest BCUT2D eigenvalue weighted by Gasteiger charge is 2.31. The van der Waals surface area contributed by atoms with Gasteiger partial charge in [0, 0.05) is 37.0 Å². The van der Waals surface area contributed by atoms with Gasteiger partial charge in [0.1, 0.15) is 4.32 Å². The molecule has 2 aliphatic rings. The van der Waals surface area contributed by atoms with E-state index in [9.17, 15) is 13.2 Å². The Kier molecular flexibility index (Phi) is 7.11. The maximum atomic E-state index is 13.1. The largest absolute Gasteiger partial charge is 0.293 e. The Hall–Kier alpha value is -2.79. The molecule has 0 atom stereocenters. The number of aromatic nitrogens is 2. The summed E-state index contributed by atoms with van der Waals surface area (Å²) in [7, 11) is -3.52. The second-order valence-electron chi connectivity index (χ2n) is 8.63. The highest BCUT2D eigenvalue weighted by molar-refractivity contribution is 8.26. The van der Waals surface area contributed by atoms with Gasteiger partial charge in [-0.15, -0.1) is 0 Å². The van der Waals surface area contributed by atoms with Crippen LogP contribution in [0.1, 0.15) is 31.7 Å². The number of piperidine rings is 1. The van der Waals surface area contributed by atoms with E-state index in [-0.39, 0.29) is 10.8 Å². The van der Waals surface area contributed by atoms with Gasteiger partial charge in [-0.2, -0.15) is 9.40 Å². The summed E-state index contributed by atoms with van der Waals surface area (Å²) >= 11 is 6.65. The van der Waals surface area contributed by atoms with Crippen molar-refractivity contribution in [1.82, 2.24) is 19.0 Å². The zero-order valence-electron chi connectivity index (χ0n) is 19.8. The molecular formula is C26H26N4O3S3. The number of para-hydroxylation sites is 1. The van der Waals surface area contributed by atoms with Gasteiger partial charge in [0.2, 0.25) is 10.0 Å². The lowest BCUT2D eigenvalue weighted by Crippen LogP contribution is -2.35. The van der Waals surface area contributed by atoms with E-state index in [4.69, 9.17) is 17.3 Å². The minimum absolute atomic E-state index is 0.117. The molecule has 2 aliphatic heterocycles. The number of nitrogens with zero attached hydrogens (tertiary/aromatic N) is 4. The van der Waals surface area contributed by atoms with E-state index >= 15 is 0 Å². The number of carbonyl (C=O) groups excluding carboxylic acids is 1. The van der Waals surface area contributed by atoms with Gasteiger partial charge in [-0.1, -0.05) is 60.7 Å². The van der Waals surface area contributed by atoms with E-state index in [1.165, 1.54) is 11.8 Å². The fourth-order valence-corrected chi connectivity index (χ4v) is 7.28. The van der Waals surface area contributed by atoms with Crippen molar-refractivity contribution in [1.29, 1.82) is 0 Å². The summed E-state index contributed by atoms with van der Waals surface area (Å²) in [6.45, 7) is 3.54. The second kappa shape index (κ2) is 10.3. The van der Waals surface area contributed by atoms with Crippen molar-refractivity contribution in [3.8, 4) is 16.9 Å². The Morgan fingerprint density at radius 1 is 1.03 bits per heavy atom. The molecule has 5 rings (SSSR count). The van der Waals surface area contributed by atoms with Crippen LogP contribution in [-0.4, -0.2) is 57.3 Å². The van der Waals surface area contributed by atoms with Gasteiger partial charge in [-0.25, -0.2) is 13.1 Å². The molecule has 0 spiro atoms. The van der Waals surface area contributed by atoms with E-state index in [1.807, 2.05) is 49.5 Å². The zero-order valence-corrected chi connectivity index (χ0v) is 22.3. The molecule has 3 aromatic rings. The van der Waals surface area contributed by atoms with Crippen LogP contribution in [-0.2, 0) is 14.8 Å². The average Bonchev–Trinajstić information content (AvgIpc) is 3.45. The molecule has 2 aromatic carbocycles. The van der Waals surface area contributed by atoms with Crippen molar-refractivity contribution < 1.29 is 13.2 Å². The molecule has 1 aromatic heterocycles. The maximum absolute atomic E-state index is 13.1. The summed E-state index contributed by atoms with van der Waals surface area (Å²) in [6.07, 6.45) is 6.54. The van der Waals surface area contributed by atoms with Gasteiger partial charge >= 0.3 is 0 Å². The smallest absolute Gasteiger partial charge is 0.266 e. The highest BCUT2D eigenvalue weighted by Crippen LogP contribution is 2.35. The topological polar surface area (TPSA) is 75.5 Å². The number of hydrogen-bond acceptors (Lipinski definition) is 6. The van der Waals surface area contributed by atoms with E-state index in [2.05, 4.69) is 0 Å². The summed E-state index contributed by atoms with van der Waals surface area (Å²) in [5.41, 5.74) is 3.05. The van der Waals surface area contributed by atoms with Crippen LogP contribution >= 0.6 is 24.0 Å². The van der Waals surface area contributed by atoms with Crippen LogP contribution in [0.25, 0.3) is 23.0 Å². The Labute approximate surface area is 220 Å². The number of carbonyl (C=O) groups is 1. The van der Waals surface area contributed by atoms with Crippen molar-refractivity contribution in [3.05, 3.63) is 71.3 Å². The lowest BCUT2D eigenvalue weighted by atomic mass is 10.1. The van der Waals surface area contributed by atoms with Gasteiger partial charge < -0.3 is 0 Å². The Balaban J connectivity index is 1.54. The predicted molar refractivity (Wildman–Crippen MR) is 147 cm³/mol. The molecule has 1 amide bonds. The molecule has 0 radical (unpaired) electrons. The van der Waals surface area contributed by atoms with Crippen LogP contribution in [0.5, 0.6) is 0 Å². The van der Waals surface area contributed by atoms with E-state index < -0.39 is 10.0 Å². The van der Waals surface area contributed by atoms with Crippen LogP contribution in [0.4, 0.5) is 0 Å². The third kappa shape index (κ3) is 4.78. The average molecular weight is 539 g/mol. The first-order valence-corrected chi connectivity index (χ1v) is 14.6. The molecule has 0 bridgehead atoms. The second-order valence-corrected chi connectivity index (χ2v) is 12.2. The van der Waals surface area contributed by atoms with Crippen molar-refractivity contribution >= 4 is 50.3 Å². The molecule has 10 heteroatoms. The standard InChI is InChI=1S/C26H26N4O3S3/c1-2-29-25(31)23(35-26(29)34)17-20-18-30(21-9-5-3-6-10-21)27-24(20)19-11-13-22(14-12-19)36(32,33)28-15-7-4-8-16-28/h3,5-6,9-14,17-18H,2,4,7-8,15-16H2,1H3/b23-17-. The van der Waals surface area contributed by atoms with Crippen molar-refractivity contribution in [3.63, 3.8) is 0 Å². The molecule has 2 saturated heterocycles. The summed E-state index contributed by atoms with van der Waals surface area (Å²) in [5.74, 6) is -0.117. The van der Waals surface area contributed by atoms with Gasteiger partial charge in [0.25, 0.3) is 5.91 Å². The number of thioether (sulfide) groups is 1. The summed E-state index contributed by atoms with van der Waals surface area (Å²) in [5, 5.41) is 4.80. The van der Waals surface area contributed by atoms with Gasteiger partial charge in [-0.05, 0) is 50.1 Å². The SMILES string of the molecule is CCN1C(=O)/C(=C/c2cn(-c3ccccc3)nc2-c2ccc(S(=O)(=O)N3CCCCC3)cc2)SC1=S. The molecule has 36 heavy (non-hydrogen) atoms. The number of amides is 1. The number of hydrogen-bond donors (Lipinski definition) is 0.